The van der Waals surface area contributed by atoms with Crippen molar-refractivity contribution in [3.05, 3.63) is 29.6 Å². The van der Waals surface area contributed by atoms with Crippen LogP contribution >= 0.6 is 0 Å². The van der Waals surface area contributed by atoms with Crippen molar-refractivity contribution >= 4 is 16.9 Å². The Morgan fingerprint density at radius 3 is 2.32 bits per heavy atom. The summed E-state index contributed by atoms with van der Waals surface area (Å²) in [7, 11) is 1.72. The molecule has 190 valence electrons. The third kappa shape index (κ3) is 7.54. The predicted molar refractivity (Wildman–Crippen MR) is 140 cm³/mol. The molecule has 2 aromatic rings. The molecule has 1 aliphatic rings. The fraction of sp³-hybridized carbons (Fsp3) is 0.714. The molecule has 0 spiro atoms. The lowest BCUT2D eigenvalue weighted by Gasteiger charge is -2.26. The van der Waals surface area contributed by atoms with E-state index in [2.05, 4.69) is 43.2 Å². The number of nitrogens with zero attached hydrogens (tertiary/aromatic N) is 4. The van der Waals surface area contributed by atoms with Gasteiger partial charge in [-0.3, -0.25) is 4.79 Å². The monoisotopic (exact) mass is 470 g/mol. The summed E-state index contributed by atoms with van der Waals surface area (Å²) in [5.74, 6) is 2.24. The van der Waals surface area contributed by atoms with Crippen molar-refractivity contribution in [1.29, 1.82) is 0 Å². The SMILES string of the molecule is COCc1nc2ccc(C(=O)N(CCC(C)C)CCC(C)C)cc2n1CCCN1CCCCC1. The van der Waals surface area contributed by atoms with Gasteiger partial charge in [-0.2, -0.15) is 0 Å². The third-order valence-electron chi connectivity index (χ3n) is 6.89. The van der Waals surface area contributed by atoms with Crippen LogP contribution in [-0.2, 0) is 17.9 Å². The highest BCUT2D eigenvalue weighted by Gasteiger charge is 2.19. The number of likely N-dealkylation sites (tertiary alicyclic amines) is 1. The van der Waals surface area contributed by atoms with Crippen molar-refractivity contribution in [2.24, 2.45) is 11.8 Å². The summed E-state index contributed by atoms with van der Waals surface area (Å²) in [6.45, 7) is 15.4. The smallest absolute Gasteiger partial charge is 0.253 e. The van der Waals surface area contributed by atoms with Crippen LogP contribution in [0.25, 0.3) is 11.0 Å². The fourth-order valence-electron chi connectivity index (χ4n) is 4.76. The van der Waals surface area contributed by atoms with Gasteiger partial charge in [0.25, 0.3) is 5.91 Å². The quantitative estimate of drug-likeness (QED) is 0.383. The van der Waals surface area contributed by atoms with Gasteiger partial charge in [0.2, 0.25) is 0 Å². The highest BCUT2D eigenvalue weighted by molar-refractivity contribution is 5.97. The maximum Gasteiger partial charge on any atom is 0.253 e. The molecule has 1 aromatic carbocycles. The molecule has 34 heavy (non-hydrogen) atoms. The summed E-state index contributed by atoms with van der Waals surface area (Å²) in [4.78, 5) is 23.0. The van der Waals surface area contributed by atoms with Crippen LogP contribution in [0.1, 0.15) is 82.4 Å². The number of benzene rings is 1. The highest BCUT2D eigenvalue weighted by Crippen LogP contribution is 2.22. The van der Waals surface area contributed by atoms with Crippen LogP contribution in [0.5, 0.6) is 0 Å². The van der Waals surface area contributed by atoms with Gasteiger partial charge in [-0.25, -0.2) is 4.98 Å². The molecule has 0 aliphatic carbocycles. The van der Waals surface area contributed by atoms with Crippen LogP contribution in [-0.4, -0.2) is 65.1 Å². The average Bonchev–Trinajstić information content (AvgIpc) is 3.15. The number of aryl methyl sites for hydroxylation is 1. The summed E-state index contributed by atoms with van der Waals surface area (Å²) in [6, 6.07) is 6.01. The number of methoxy groups -OCH3 is 1. The number of carbonyl (C=O) groups excluding carboxylic acids is 1. The minimum absolute atomic E-state index is 0.137. The van der Waals surface area contributed by atoms with E-state index >= 15 is 0 Å². The van der Waals surface area contributed by atoms with Crippen LogP contribution in [0.4, 0.5) is 0 Å². The average molecular weight is 471 g/mol. The molecule has 0 atom stereocenters. The molecule has 1 aromatic heterocycles. The molecular weight excluding hydrogens is 424 g/mol. The van der Waals surface area contributed by atoms with E-state index in [1.54, 1.807) is 7.11 Å². The number of aromatic nitrogens is 2. The van der Waals surface area contributed by atoms with Crippen molar-refractivity contribution in [2.45, 2.75) is 79.4 Å². The molecule has 0 unspecified atom stereocenters. The number of hydrogen-bond acceptors (Lipinski definition) is 4. The zero-order valence-electron chi connectivity index (χ0n) is 22.2. The number of hydrogen-bond donors (Lipinski definition) is 0. The zero-order chi connectivity index (χ0) is 24.5. The van der Waals surface area contributed by atoms with E-state index in [-0.39, 0.29) is 5.91 Å². The fourth-order valence-corrected chi connectivity index (χ4v) is 4.76. The number of imidazole rings is 1. The first-order valence-electron chi connectivity index (χ1n) is 13.4. The largest absolute Gasteiger partial charge is 0.377 e. The molecular formula is C28H46N4O2. The maximum atomic E-state index is 13.5. The molecule has 0 bridgehead atoms. The second-order valence-corrected chi connectivity index (χ2v) is 10.7. The number of fused-ring (bicyclic) bond motifs is 1. The lowest BCUT2D eigenvalue weighted by atomic mass is 10.1. The minimum atomic E-state index is 0.137. The van der Waals surface area contributed by atoms with Crippen molar-refractivity contribution in [3.63, 3.8) is 0 Å². The molecule has 3 rings (SSSR count). The first-order chi connectivity index (χ1) is 16.4. The number of piperidine rings is 1. The lowest BCUT2D eigenvalue weighted by molar-refractivity contribution is 0.0741. The molecule has 1 amide bonds. The van der Waals surface area contributed by atoms with Gasteiger partial charge in [-0.05, 0) is 81.8 Å². The van der Waals surface area contributed by atoms with E-state index < -0.39 is 0 Å². The van der Waals surface area contributed by atoms with E-state index in [9.17, 15) is 4.79 Å². The Morgan fingerprint density at radius 2 is 1.71 bits per heavy atom. The maximum absolute atomic E-state index is 13.5. The van der Waals surface area contributed by atoms with E-state index in [0.717, 1.165) is 67.9 Å². The third-order valence-corrected chi connectivity index (χ3v) is 6.89. The lowest BCUT2D eigenvalue weighted by Crippen LogP contribution is -2.34. The van der Waals surface area contributed by atoms with E-state index in [1.165, 1.54) is 32.4 Å². The summed E-state index contributed by atoms with van der Waals surface area (Å²) in [6.07, 6.45) is 7.13. The molecule has 6 nitrogen and oxygen atoms in total. The molecule has 1 aliphatic heterocycles. The van der Waals surface area contributed by atoms with Gasteiger partial charge in [-0.1, -0.05) is 34.1 Å². The number of amides is 1. The molecule has 1 fully saturated rings. The molecule has 1 saturated heterocycles. The summed E-state index contributed by atoms with van der Waals surface area (Å²) < 4.78 is 7.72. The summed E-state index contributed by atoms with van der Waals surface area (Å²) >= 11 is 0. The van der Waals surface area contributed by atoms with E-state index in [0.29, 0.717) is 18.4 Å². The van der Waals surface area contributed by atoms with Gasteiger partial charge in [0.15, 0.2) is 0 Å². The van der Waals surface area contributed by atoms with Crippen molar-refractivity contribution in [3.8, 4) is 0 Å². The number of carbonyl (C=O) groups is 1. The van der Waals surface area contributed by atoms with Gasteiger partial charge < -0.3 is 19.1 Å². The summed E-state index contributed by atoms with van der Waals surface area (Å²) in [5, 5.41) is 0. The van der Waals surface area contributed by atoms with Gasteiger partial charge in [0.05, 0.1) is 11.0 Å². The second-order valence-electron chi connectivity index (χ2n) is 10.7. The van der Waals surface area contributed by atoms with Crippen molar-refractivity contribution in [1.82, 2.24) is 19.4 Å². The van der Waals surface area contributed by atoms with Gasteiger partial charge in [-0.15, -0.1) is 0 Å². The topological polar surface area (TPSA) is 50.6 Å². The Bertz CT molecular complexity index is 887. The molecule has 0 radical (unpaired) electrons. The minimum Gasteiger partial charge on any atom is -0.377 e. The van der Waals surface area contributed by atoms with Gasteiger partial charge in [0, 0.05) is 32.3 Å². The first-order valence-corrected chi connectivity index (χ1v) is 13.4. The highest BCUT2D eigenvalue weighted by atomic mass is 16.5. The Kier molecular flexibility index (Phi) is 10.4. The van der Waals surface area contributed by atoms with Crippen LogP contribution in [0, 0.1) is 11.8 Å². The molecule has 0 saturated carbocycles. The molecule has 6 heteroatoms. The second kappa shape index (κ2) is 13.2. The summed E-state index contributed by atoms with van der Waals surface area (Å²) in [5.41, 5.74) is 2.75. The van der Waals surface area contributed by atoms with Gasteiger partial charge >= 0.3 is 0 Å². The number of ether oxygens (including phenoxy) is 1. The van der Waals surface area contributed by atoms with Crippen LogP contribution < -0.4 is 0 Å². The normalized spacial score (nSPS) is 15.0. The predicted octanol–water partition coefficient (Wildman–Crippen LogP) is 5.59. The van der Waals surface area contributed by atoms with E-state index in [4.69, 9.17) is 9.72 Å². The Hall–Kier alpha value is -1.92. The number of rotatable bonds is 13. The van der Waals surface area contributed by atoms with Crippen molar-refractivity contribution < 1.29 is 9.53 Å². The van der Waals surface area contributed by atoms with Gasteiger partial charge in [0.1, 0.15) is 12.4 Å². The zero-order valence-corrected chi connectivity index (χ0v) is 22.2. The first kappa shape index (κ1) is 26.7. The van der Waals surface area contributed by atoms with Crippen LogP contribution in [0.2, 0.25) is 0 Å². The van der Waals surface area contributed by atoms with Crippen LogP contribution in [0.3, 0.4) is 0 Å². The Labute approximate surface area is 206 Å². The standard InChI is InChI=1S/C28H46N4O2/c1-22(2)12-18-31(19-13-23(3)4)28(33)24-10-11-25-26(20-24)32(27(29-25)21-34-5)17-9-16-30-14-7-6-8-15-30/h10-11,20,22-23H,6-9,12-19,21H2,1-5H3. The van der Waals surface area contributed by atoms with E-state index in [1.807, 2.05) is 17.0 Å². The van der Waals surface area contributed by atoms with Crippen molar-refractivity contribution in [2.75, 3.05) is 39.8 Å². The Balaban J connectivity index is 1.80. The van der Waals surface area contributed by atoms with Crippen LogP contribution in [0.15, 0.2) is 18.2 Å². The Morgan fingerprint density at radius 1 is 1.03 bits per heavy atom. The molecule has 0 N–H and O–H groups in total. The molecule has 2 heterocycles.